The van der Waals surface area contributed by atoms with Crippen LogP contribution in [-0.2, 0) is 0 Å². The highest BCUT2D eigenvalue weighted by Gasteiger charge is 2.22. The van der Waals surface area contributed by atoms with Crippen LogP contribution in [0.15, 0.2) is 52.7 Å². The third-order valence-electron chi connectivity index (χ3n) is 4.35. The van der Waals surface area contributed by atoms with Crippen LogP contribution in [0.25, 0.3) is 11.4 Å². The number of hydrogen-bond donors (Lipinski definition) is 0. The number of aromatic nitrogens is 3. The van der Waals surface area contributed by atoms with Crippen molar-refractivity contribution in [1.29, 1.82) is 0 Å². The van der Waals surface area contributed by atoms with Crippen molar-refractivity contribution in [3.63, 3.8) is 0 Å². The predicted molar refractivity (Wildman–Crippen MR) is 113 cm³/mol. The minimum absolute atomic E-state index is 0.0998. The van der Waals surface area contributed by atoms with E-state index >= 15 is 0 Å². The first-order valence-electron chi connectivity index (χ1n) is 9.24. The van der Waals surface area contributed by atoms with Gasteiger partial charge in [-0.05, 0) is 44.2 Å². The molecule has 1 aliphatic rings. The van der Waals surface area contributed by atoms with Gasteiger partial charge >= 0.3 is 0 Å². The molecule has 0 amide bonds. The Labute approximate surface area is 173 Å². The van der Waals surface area contributed by atoms with Crippen molar-refractivity contribution < 1.29 is 14.2 Å². The average molecular weight is 410 g/mol. The molecule has 1 aromatic heterocycles. The second-order valence-corrected chi connectivity index (χ2v) is 7.66. The van der Waals surface area contributed by atoms with Gasteiger partial charge in [0.1, 0.15) is 5.75 Å². The van der Waals surface area contributed by atoms with Crippen LogP contribution in [0.1, 0.15) is 19.4 Å². The molecule has 0 spiro atoms. The number of thioether (sulfide) groups is 1. The molecule has 0 radical (unpaired) electrons. The van der Waals surface area contributed by atoms with Crippen LogP contribution in [0.3, 0.4) is 0 Å². The van der Waals surface area contributed by atoms with Crippen molar-refractivity contribution in [1.82, 2.24) is 14.9 Å². The lowest BCUT2D eigenvalue weighted by atomic mass is 10.1. The number of methoxy groups -OCH3 is 2. The highest BCUT2D eigenvalue weighted by Crippen LogP contribution is 2.32. The number of ether oxygens (including phenoxy) is 3. The smallest absolute Gasteiger partial charge is 0.212 e. The summed E-state index contributed by atoms with van der Waals surface area (Å²) in [6, 6.07) is 13.6. The fraction of sp³-hybridized carbons (Fsp3) is 0.286. The standard InChI is InChI=1S/C21H22N4O3S/c1-13(2)28-16-7-5-6-15(10-16)20-22-23-21-25(20)24-17(12-29-21)14-8-9-18(26-3)19(11-14)27-4/h5-11,13H,12H2,1-4H3. The molecule has 3 aromatic rings. The predicted octanol–water partition coefficient (Wildman–Crippen LogP) is 4.11. The SMILES string of the molecule is COc1ccc(C2=Nn3c(nnc3-c3cccc(OC(C)C)c3)SC2)cc1OC. The molecule has 0 saturated heterocycles. The summed E-state index contributed by atoms with van der Waals surface area (Å²) in [5, 5.41) is 14.2. The van der Waals surface area contributed by atoms with E-state index in [1.807, 2.05) is 56.3 Å². The Morgan fingerprint density at radius 1 is 0.966 bits per heavy atom. The van der Waals surface area contributed by atoms with E-state index in [1.165, 1.54) is 0 Å². The molecule has 2 heterocycles. The van der Waals surface area contributed by atoms with Gasteiger partial charge in [-0.2, -0.15) is 9.78 Å². The monoisotopic (exact) mass is 410 g/mol. The number of hydrogen-bond acceptors (Lipinski definition) is 7. The number of benzene rings is 2. The first-order valence-corrected chi connectivity index (χ1v) is 10.2. The summed E-state index contributed by atoms with van der Waals surface area (Å²) in [6.07, 6.45) is 0.0998. The van der Waals surface area contributed by atoms with Gasteiger partial charge in [0, 0.05) is 16.9 Å². The molecule has 0 N–H and O–H groups in total. The number of fused-ring (bicyclic) bond motifs is 1. The zero-order valence-corrected chi connectivity index (χ0v) is 17.6. The van der Waals surface area contributed by atoms with Crippen molar-refractivity contribution >= 4 is 17.5 Å². The molecule has 8 heteroatoms. The molecule has 150 valence electrons. The molecule has 0 fully saturated rings. The molecule has 0 aliphatic carbocycles. The van der Waals surface area contributed by atoms with Crippen LogP contribution >= 0.6 is 11.8 Å². The Morgan fingerprint density at radius 2 is 1.79 bits per heavy atom. The Bertz CT molecular complexity index is 1060. The maximum atomic E-state index is 5.81. The number of nitrogens with zero attached hydrogens (tertiary/aromatic N) is 4. The molecule has 2 aromatic carbocycles. The molecule has 0 unspecified atom stereocenters. The Morgan fingerprint density at radius 3 is 2.55 bits per heavy atom. The average Bonchev–Trinajstić information content (AvgIpc) is 3.16. The maximum absolute atomic E-state index is 5.81. The van der Waals surface area contributed by atoms with Crippen molar-refractivity contribution in [2.45, 2.75) is 25.1 Å². The second-order valence-electron chi connectivity index (χ2n) is 6.72. The van der Waals surface area contributed by atoms with E-state index in [4.69, 9.17) is 19.3 Å². The lowest BCUT2D eigenvalue weighted by Crippen LogP contribution is -2.14. The van der Waals surface area contributed by atoms with E-state index in [1.54, 1.807) is 30.7 Å². The summed E-state index contributed by atoms with van der Waals surface area (Å²) in [5.41, 5.74) is 2.79. The zero-order chi connectivity index (χ0) is 20.4. The normalized spacial score (nSPS) is 13.1. The molecule has 0 bridgehead atoms. The summed E-state index contributed by atoms with van der Waals surface area (Å²) in [6.45, 7) is 4.00. The summed E-state index contributed by atoms with van der Waals surface area (Å²) >= 11 is 1.60. The minimum Gasteiger partial charge on any atom is -0.493 e. The van der Waals surface area contributed by atoms with Gasteiger partial charge in [0.2, 0.25) is 5.16 Å². The highest BCUT2D eigenvalue weighted by atomic mass is 32.2. The van der Waals surface area contributed by atoms with E-state index in [9.17, 15) is 0 Å². The fourth-order valence-electron chi connectivity index (χ4n) is 3.05. The molecule has 7 nitrogen and oxygen atoms in total. The highest BCUT2D eigenvalue weighted by molar-refractivity contribution is 7.99. The first-order chi connectivity index (χ1) is 14.1. The third kappa shape index (κ3) is 3.93. The summed E-state index contributed by atoms with van der Waals surface area (Å²) < 4.78 is 18.4. The lowest BCUT2D eigenvalue weighted by molar-refractivity contribution is 0.242. The second kappa shape index (κ2) is 8.16. The van der Waals surface area contributed by atoms with E-state index in [0.29, 0.717) is 23.1 Å². The van der Waals surface area contributed by atoms with Crippen LogP contribution in [0, 0.1) is 0 Å². The van der Waals surface area contributed by atoms with Gasteiger partial charge in [0.05, 0.1) is 26.0 Å². The van der Waals surface area contributed by atoms with Crippen molar-refractivity contribution in [3.05, 3.63) is 48.0 Å². The summed E-state index contributed by atoms with van der Waals surface area (Å²) in [4.78, 5) is 0. The van der Waals surface area contributed by atoms with E-state index in [-0.39, 0.29) is 6.10 Å². The van der Waals surface area contributed by atoms with Gasteiger partial charge in [0.25, 0.3) is 0 Å². The van der Waals surface area contributed by atoms with Gasteiger partial charge in [-0.3, -0.25) is 0 Å². The summed E-state index contributed by atoms with van der Waals surface area (Å²) in [7, 11) is 3.25. The Hall–Kier alpha value is -3.00. The molecule has 0 saturated carbocycles. The van der Waals surface area contributed by atoms with Gasteiger partial charge in [-0.25, -0.2) is 0 Å². The third-order valence-corrected chi connectivity index (χ3v) is 5.28. The van der Waals surface area contributed by atoms with Crippen molar-refractivity contribution in [2.75, 3.05) is 20.0 Å². The van der Waals surface area contributed by atoms with E-state index in [0.717, 1.165) is 27.7 Å². The van der Waals surface area contributed by atoms with Crippen molar-refractivity contribution in [3.8, 4) is 28.6 Å². The Kier molecular flexibility index (Phi) is 5.44. The topological polar surface area (TPSA) is 70.8 Å². The molecular formula is C21H22N4O3S. The van der Waals surface area contributed by atoms with Crippen LogP contribution in [0.5, 0.6) is 17.2 Å². The summed E-state index contributed by atoms with van der Waals surface area (Å²) in [5.74, 6) is 3.53. The van der Waals surface area contributed by atoms with Gasteiger partial charge in [-0.1, -0.05) is 23.9 Å². The molecule has 4 rings (SSSR count). The van der Waals surface area contributed by atoms with Crippen LogP contribution in [0.2, 0.25) is 0 Å². The van der Waals surface area contributed by atoms with Crippen LogP contribution in [-0.4, -0.2) is 46.7 Å². The fourth-order valence-corrected chi connectivity index (χ4v) is 3.88. The lowest BCUT2D eigenvalue weighted by Gasteiger charge is -2.16. The minimum atomic E-state index is 0.0998. The maximum Gasteiger partial charge on any atom is 0.212 e. The molecule has 0 atom stereocenters. The zero-order valence-electron chi connectivity index (χ0n) is 16.7. The van der Waals surface area contributed by atoms with Crippen LogP contribution in [0.4, 0.5) is 0 Å². The first kappa shape index (κ1) is 19.3. The van der Waals surface area contributed by atoms with Gasteiger partial charge in [0.15, 0.2) is 17.3 Å². The number of rotatable bonds is 6. The van der Waals surface area contributed by atoms with Crippen LogP contribution < -0.4 is 14.2 Å². The Balaban J connectivity index is 1.72. The molecular weight excluding hydrogens is 388 g/mol. The quantitative estimate of drug-likeness (QED) is 0.609. The van der Waals surface area contributed by atoms with Gasteiger partial charge in [-0.15, -0.1) is 10.2 Å². The molecule has 1 aliphatic heterocycles. The van der Waals surface area contributed by atoms with Gasteiger partial charge < -0.3 is 14.2 Å². The van der Waals surface area contributed by atoms with E-state index in [2.05, 4.69) is 10.2 Å². The van der Waals surface area contributed by atoms with Crippen molar-refractivity contribution in [2.24, 2.45) is 5.10 Å². The largest absolute Gasteiger partial charge is 0.493 e. The molecule has 29 heavy (non-hydrogen) atoms. The van der Waals surface area contributed by atoms with E-state index < -0.39 is 0 Å².